The molecule has 3 heteroatoms. The third-order valence-corrected chi connectivity index (χ3v) is 3.82. The average molecular weight is 235 g/mol. The van der Waals surface area contributed by atoms with Gasteiger partial charge in [0.05, 0.1) is 12.2 Å². The van der Waals surface area contributed by atoms with Gasteiger partial charge in [0, 0.05) is 19.6 Å². The quantitative estimate of drug-likeness (QED) is 0.781. The zero-order valence-electron chi connectivity index (χ0n) is 10.2. The first kappa shape index (κ1) is 11.2. The van der Waals surface area contributed by atoms with Gasteiger partial charge in [0.25, 0.3) is 0 Å². The van der Waals surface area contributed by atoms with Crippen LogP contribution in [0.1, 0.15) is 24.0 Å². The number of halogens is 1. The molecule has 2 aliphatic heterocycles. The van der Waals surface area contributed by atoms with Crippen LogP contribution in [0.3, 0.4) is 0 Å². The largest absolute Gasteiger partial charge is 0.372 e. The van der Waals surface area contributed by atoms with Gasteiger partial charge >= 0.3 is 0 Å². The Morgan fingerprint density at radius 2 is 2.00 bits per heavy atom. The highest BCUT2D eigenvalue weighted by Crippen LogP contribution is 2.27. The lowest BCUT2D eigenvalue weighted by molar-refractivity contribution is -0.0411. The predicted octanol–water partition coefficient (Wildman–Crippen LogP) is 2.50. The zero-order valence-corrected chi connectivity index (χ0v) is 10.2. The van der Waals surface area contributed by atoms with Gasteiger partial charge in [0.15, 0.2) is 0 Å². The molecule has 0 radical (unpaired) electrons. The molecule has 2 heterocycles. The van der Waals surface area contributed by atoms with E-state index < -0.39 is 0 Å². The van der Waals surface area contributed by atoms with Gasteiger partial charge in [0.1, 0.15) is 5.82 Å². The predicted molar refractivity (Wildman–Crippen MR) is 64.3 cm³/mol. The molecule has 92 valence electrons. The number of fused-ring (bicyclic) bond motifs is 2. The minimum atomic E-state index is -0.137. The molecule has 0 aliphatic carbocycles. The summed E-state index contributed by atoms with van der Waals surface area (Å²) in [7, 11) is 0. The van der Waals surface area contributed by atoms with E-state index in [1.807, 2.05) is 13.0 Å². The number of ether oxygens (including phenoxy) is 1. The Kier molecular flexibility index (Phi) is 2.89. The maximum Gasteiger partial charge on any atom is 0.123 e. The van der Waals surface area contributed by atoms with Gasteiger partial charge in [0.2, 0.25) is 0 Å². The fourth-order valence-electron chi connectivity index (χ4n) is 2.88. The lowest BCUT2D eigenvalue weighted by Gasteiger charge is -2.32. The molecule has 2 aliphatic rings. The first-order valence-corrected chi connectivity index (χ1v) is 6.33. The van der Waals surface area contributed by atoms with E-state index in [4.69, 9.17) is 4.74 Å². The Morgan fingerprint density at radius 3 is 2.71 bits per heavy atom. The number of rotatable bonds is 2. The van der Waals surface area contributed by atoms with Crippen molar-refractivity contribution in [2.24, 2.45) is 0 Å². The van der Waals surface area contributed by atoms with E-state index in [1.165, 1.54) is 24.5 Å². The Bertz CT molecular complexity index is 409. The highest BCUT2D eigenvalue weighted by molar-refractivity contribution is 5.26. The van der Waals surface area contributed by atoms with Crippen molar-refractivity contribution in [3.8, 4) is 0 Å². The molecule has 2 nitrogen and oxygen atoms in total. The molecule has 17 heavy (non-hydrogen) atoms. The molecule has 2 bridgehead atoms. The van der Waals surface area contributed by atoms with Crippen molar-refractivity contribution in [1.29, 1.82) is 0 Å². The molecule has 3 rings (SSSR count). The van der Waals surface area contributed by atoms with Crippen molar-refractivity contribution in [2.45, 2.75) is 38.5 Å². The highest BCUT2D eigenvalue weighted by atomic mass is 19.1. The SMILES string of the molecule is Cc1ccc(F)cc1CN1CC2CCC(C1)O2. The number of aryl methyl sites for hydroxylation is 1. The number of hydrogen-bond donors (Lipinski definition) is 0. The van der Waals surface area contributed by atoms with Gasteiger partial charge in [-0.2, -0.15) is 0 Å². The smallest absolute Gasteiger partial charge is 0.123 e. The molecule has 0 saturated carbocycles. The van der Waals surface area contributed by atoms with E-state index in [0.29, 0.717) is 12.2 Å². The lowest BCUT2D eigenvalue weighted by atomic mass is 10.1. The van der Waals surface area contributed by atoms with Crippen LogP contribution < -0.4 is 0 Å². The lowest BCUT2D eigenvalue weighted by Crippen LogP contribution is -2.42. The number of morpholine rings is 1. The fourth-order valence-corrected chi connectivity index (χ4v) is 2.88. The van der Waals surface area contributed by atoms with Gasteiger partial charge < -0.3 is 4.74 Å². The summed E-state index contributed by atoms with van der Waals surface area (Å²) < 4.78 is 19.0. The summed E-state index contributed by atoms with van der Waals surface area (Å²) in [5, 5.41) is 0. The van der Waals surface area contributed by atoms with Crippen LogP contribution in [-0.4, -0.2) is 30.2 Å². The third kappa shape index (κ3) is 2.35. The van der Waals surface area contributed by atoms with Crippen molar-refractivity contribution in [3.63, 3.8) is 0 Å². The first-order valence-electron chi connectivity index (χ1n) is 6.33. The Balaban J connectivity index is 1.72. The molecule has 2 atom stereocenters. The molecule has 1 aromatic carbocycles. The number of hydrogen-bond acceptors (Lipinski definition) is 2. The van der Waals surface area contributed by atoms with Crippen molar-refractivity contribution >= 4 is 0 Å². The molecule has 1 aromatic rings. The van der Waals surface area contributed by atoms with Crippen LogP contribution in [-0.2, 0) is 11.3 Å². The summed E-state index contributed by atoms with van der Waals surface area (Å²) in [4.78, 5) is 2.40. The Hall–Kier alpha value is -0.930. The second-order valence-corrected chi connectivity index (χ2v) is 5.22. The topological polar surface area (TPSA) is 12.5 Å². The molecule has 0 N–H and O–H groups in total. The van der Waals surface area contributed by atoms with E-state index in [2.05, 4.69) is 4.90 Å². The monoisotopic (exact) mass is 235 g/mol. The zero-order chi connectivity index (χ0) is 11.8. The van der Waals surface area contributed by atoms with Crippen LogP contribution in [0.25, 0.3) is 0 Å². The molecule has 2 unspecified atom stereocenters. The summed E-state index contributed by atoms with van der Waals surface area (Å²) >= 11 is 0. The van der Waals surface area contributed by atoms with E-state index in [-0.39, 0.29) is 5.82 Å². The fraction of sp³-hybridized carbons (Fsp3) is 0.571. The second-order valence-electron chi connectivity index (χ2n) is 5.22. The molecule has 2 saturated heterocycles. The van der Waals surface area contributed by atoms with Gasteiger partial charge in [-0.25, -0.2) is 4.39 Å². The normalized spacial score (nSPS) is 28.6. The molecule has 0 spiro atoms. The second kappa shape index (κ2) is 4.39. The van der Waals surface area contributed by atoms with Crippen LogP contribution >= 0.6 is 0 Å². The standard InChI is InChI=1S/C14H18FNO/c1-10-2-3-12(15)6-11(10)7-16-8-13-4-5-14(9-16)17-13/h2-3,6,13-14H,4-5,7-9H2,1H3. The van der Waals surface area contributed by atoms with Gasteiger partial charge in [-0.15, -0.1) is 0 Å². The van der Waals surface area contributed by atoms with Crippen molar-refractivity contribution in [3.05, 3.63) is 35.1 Å². The minimum absolute atomic E-state index is 0.137. The van der Waals surface area contributed by atoms with Crippen LogP contribution in [0.2, 0.25) is 0 Å². The van der Waals surface area contributed by atoms with Crippen molar-refractivity contribution in [1.82, 2.24) is 4.90 Å². The summed E-state index contributed by atoms with van der Waals surface area (Å²) in [5.74, 6) is -0.137. The summed E-state index contributed by atoms with van der Waals surface area (Å²) in [5.41, 5.74) is 2.27. The highest BCUT2D eigenvalue weighted by Gasteiger charge is 2.33. The van der Waals surface area contributed by atoms with Gasteiger partial charge in [-0.3, -0.25) is 4.90 Å². The van der Waals surface area contributed by atoms with Gasteiger partial charge in [-0.05, 0) is 43.0 Å². The van der Waals surface area contributed by atoms with Gasteiger partial charge in [-0.1, -0.05) is 6.07 Å². The van der Waals surface area contributed by atoms with Crippen LogP contribution in [0.4, 0.5) is 4.39 Å². The van der Waals surface area contributed by atoms with E-state index in [9.17, 15) is 4.39 Å². The Morgan fingerprint density at radius 1 is 1.29 bits per heavy atom. The molecular weight excluding hydrogens is 217 g/mol. The number of nitrogens with zero attached hydrogens (tertiary/aromatic N) is 1. The Labute approximate surface area is 101 Å². The average Bonchev–Trinajstić information content (AvgIpc) is 2.63. The maximum atomic E-state index is 13.2. The summed E-state index contributed by atoms with van der Waals surface area (Å²) in [6.07, 6.45) is 3.18. The van der Waals surface area contributed by atoms with Crippen molar-refractivity contribution in [2.75, 3.05) is 13.1 Å². The first-order chi connectivity index (χ1) is 8.20. The third-order valence-electron chi connectivity index (χ3n) is 3.82. The molecule has 0 aromatic heterocycles. The van der Waals surface area contributed by atoms with E-state index in [0.717, 1.165) is 25.2 Å². The minimum Gasteiger partial charge on any atom is -0.372 e. The summed E-state index contributed by atoms with van der Waals surface area (Å²) in [6.45, 7) is 4.88. The molecule has 0 amide bonds. The van der Waals surface area contributed by atoms with E-state index >= 15 is 0 Å². The number of benzene rings is 1. The van der Waals surface area contributed by atoms with Crippen molar-refractivity contribution < 1.29 is 9.13 Å². The van der Waals surface area contributed by atoms with Crippen LogP contribution in [0.5, 0.6) is 0 Å². The van der Waals surface area contributed by atoms with E-state index in [1.54, 1.807) is 6.07 Å². The van der Waals surface area contributed by atoms with Crippen LogP contribution in [0, 0.1) is 12.7 Å². The summed E-state index contributed by atoms with van der Waals surface area (Å²) in [6, 6.07) is 5.05. The number of likely N-dealkylation sites (tertiary alicyclic amines) is 1. The van der Waals surface area contributed by atoms with Crippen LogP contribution in [0.15, 0.2) is 18.2 Å². The molecular formula is C14H18FNO. The maximum absolute atomic E-state index is 13.2. The molecule has 2 fully saturated rings.